The number of aliphatic hydroxyl groups is 1. The molecule has 0 unspecified atom stereocenters. The molecule has 0 aromatic rings. The SMILES string of the molecule is CC[C@H](C)CCCCCCCCCC/C(O)=C1\C(=O)CN(C)C1=O. The quantitative estimate of drug-likeness (QED) is 0.241. The number of Topliss-reactive ketones (excluding diaryl/α,β-unsaturated/α-hetero) is 1. The maximum Gasteiger partial charge on any atom is 0.261 e. The summed E-state index contributed by atoms with van der Waals surface area (Å²) in [5, 5.41) is 9.98. The number of carbonyl (C=O) groups excluding carboxylic acids is 2. The first kappa shape index (κ1) is 20.7. The second kappa shape index (κ2) is 11.3. The first-order valence-electron chi connectivity index (χ1n) is 9.68. The summed E-state index contributed by atoms with van der Waals surface area (Å²) < 4.78 is 0. The van der Waals surface area contributed by atoms with Crippen molar-refractivity contribution in [1.29, 1.82) is 0 Å². The fraction of sp³-hybridized carbons (Fsp3) is 0.800. The second-order valence-electron chi connectivity index (χ2n) is 7.29. The van der Waals surface area contributed by atoms with Gasteiger partial charge in [-0.15, -0.1) is 0 Å². The van der Waals surface area contributed by atoms with Gasteiger partial charge < -0.3 is 10.0 Å². The van der Waals surface area contributed by atoms with Gasteiger partial charge in [-0.3, -0.25) is 9.59 Å². The van der Waals surface area contributed by atoms with E-state index in [2.05, 4.69) is 13.8 Å². The molecule has 0 aliphatic carbocycles. The Morgan fingerprint density at radius 2 is 1.58 bits per heavy atom. The number of aliphatic hydroxyl groups excluding tert-OH is 1. The molecule has 1 saturated heterocycles. The average Bonchev–Trinajstić information content (AvgIpc) is 2.81. The summed E-state index contributed by atoms with van der Waals surface area (Å²) in [6.07, 6.45) is 12.7. The summed E-state index contributed by atoms with van der Waals surface area (Å²) in [5.74, 6) is 0.261. The van der Waals surface area contributed by atoms with Gasteiger partial charge in [0.05, 0.1) is 6.54 Å². The second-order valence-corrected chi connectivity index (χ2v) is 7.29. The number of unbranched alkanes of at least 4 members (excludes halogenated alkanes) is 7. The molecule has 1 fully saturated rings. The normalized spacial score (nSPS) is 18.4. The van der Waals surface area contributed by atoms with Gasteiger partial charge in [0.25, 0.3) is 5.91 Å². The van der Waals surface area contributed by atoms with E-state index >= 15 is 0 Å². The molecule has 0 aromatic heterocycles. The molecule has 0 spiro atoms. The lowest BCUT2D eigenvalue weighted by molar-refractivity contribution is -0.123. The number of hydrogen-bond donors (Lipinski definition) is 1. The largest absolute Gasteiger partial charge is 0.511 e. The number of allylic oxidation sites excluding steroid dienone is 1. The first-order valence-corrected chi connectivity index (χ1v) is 9.68. The van der Waals surface area contributed by atoms with Crippen LogP contribution in [0, 0.1) is 5.92 Å². The van der Waals surface area contributed by atoms with Crippen molar-refractivity contribution in [2.24, 2.45) is 5.92 Å². The topological polar surface area (TPSA) is 57.6 Å². The van der Waals surface area contributed by atoms with E-state index in [1.165, 1.54) is 49.8 Å². The summed E-state index contributed by atoms with van der Waals surface area (Å²) in [5.41, 5.74) is 0.0128. The fourth-order valence-electron chi connectivity index (χ4n) is 3.14. The van der Waals surface area contributed by atoms with Crippen LogP contribution in [0.3, 0.4) is 0 Å². The van der Waals surface area contributed by atoms with Crippen LogP contribution >= 0.6 is 0 Å². The van der Waals surface area contributed by atoms with E-state index in [1.54, 1.807) is 7.05 Å². The molecule has 4 nitrogen and oxygen atoms in total. The molecule has 4 heteroatoms. The Hall–Kier alpha value is -1.32. The van der Waals surface area contributed by atoms with Crippen molar-refractivity contribution in [2.75, 3.05) is 13.6 Å². The van der Waals surface area contributed by atoms with Crippen molar-refractivity contribution >= 4 is 11.7 Å². The smallest absolute Gasteiger partial charge is 0.261 e. The highest BCUT2D eigenvalue weighted by molar-refractivity contribution is 6.25. The zero-order valence-electron chi connectivity index (χ0n) is 15.8. The third-order valence-corrected chi connectivity index (χ3v) is 5.07. The number of ketones is 1. The van der Waals surface area contributed by atoms with Gasteiger partial charge in [0.15, 0.2) is 5.78 Å². The monoisotopic (exact) mass is 337 g/mol. The molecule has 1 aliphatic heterocycles. The van der Waals surface area contributed by atoms with Crippen LogP contribution in [0.2, 0.25) is 0 Å². The Kier molecular flexibility index (Phi) is 9.73. The van der Waals surface area contributed by atoms with E-state index < -0.39 is 0 Å². The molecule has 1 rings (SSSR count). The zero-order chi connectivity index (χ0) is 17.9. The number of hydrogen-bond acceptors (Lipinski definition) is 3. The maximum absolute atomic E-state index is 11.8. The van der Waals surface area contributed by atoms with Crippen LogP contribution in [0.15, 0.2) is 11.3 Å². The summed E-state index contributed by atoms with van der Waals surface area (Å²) in [4.78, 5) is 24.8. The van der Waals surface area contributed by atoms with E-state index in [-0.39, 0.29) is 29.6 Å². The Labute approximate surface area is 147 Å². The Morgan fingerprint density at radius 1 is 1.04 bits per heavy atom. The Morgan fingerprint density at radius 3 is 2.08 bits per heavy atom. The lowest BCUT2D eigenvalue weighted by atomic mass is 9.99. The third kappa shape index (κ3) is 7.06. The van der Waals surface area contributed by atoms with Crippen LogP contribution in [0.1, 0.15) is 84.5 Å². The molecule has 0 bridgehead atoms. The molecule has 1 heterocycles. The number of rotatable bonds is 12. The van der Waals surface area contributed by atoms with E-state index in [9.17, 15) is 14.7 Å². The summed E-state index contributed by atoms with van der Waals surface area (Å²) in [7, 11) is 1.59. The Balaban J connectivity index is 2.04. The summed E-state index contributed by atoms with van der Waals surface area (Å²) in [6.45, 7) is 4.68. The maximum atomic E-state index is 11.8. The van der Waals surface area contributed by atoms with Crippen molar-refractivity contribution < 1.29 is 14.7 Å². The number of likely N-dealkylation sites (N-methyl/N-ethyl adjacent to an activating group) is 1. The van der Waals surface area contributed by atoms with Crippen molar-refractivity contribution in [3.8, 4) is 0 Å². The van der Waals surface area contributed by atoms with Gasteiger partial charge in [-0.05, 0) is 12.3 Å². The van der Waals surface area contributed by atoms with Crippen molar-refractivity contribution in [2.45, 2.75) is 84.5 Å². The van der Waals surface area contributed by atoms with Gasteiger partial charge in [0.2, 0.25) is 0 Å². The van der Waals surface area contributed by atoms with Crippen LogP contribution in [-0.4, -0.2) is 35.3 Å². The molecule has 0 saturated carbocycles. The van der Waals surface area contributed by atoms with Crippen LogP contribution in [0.5, 0.6) is 0 Å². The van der Waals surface area contributed by atoms with Gasteiger partial charge in [-0.2, -0.15) is 0 Å². The predicted octanol–water partition coefficient (Wildman–Crippen LogP) is 4.79. The zero-order valence-corrected chi connectivity index (χ0v) is 15.8. The minimum atomic E-state index is -0.338. The van der Waals surface area contributed by atoms with E-state index in [0.29, 0.717) is 6.42 Å². The standard InChI is InChI=1S/C20H35NO3/c1-4-16(2)13-11-9-7-5-6-8-10-12-14-17(22)19-18(23)15-21(3)20(19)24/h16,22H,4-15H2,1-3H3/b19-17-/t16-/m0/s1. The molecule has 0 aromatic carbocycles. The molecule has 24 heavy (non-hydrogen) atoms. The van der Waals surface area contributed by atoms with Gasteiger partial charge >= 0.3 is 0 Å². The number of carbonyl (C=O) groups is 2. The highest BCUT2D eigenvalue weighted by Crippen LogP contribution is 2.20. The van der Waals surface area contributed by atoms with Gasteiger partial charge in [-0.25, -0.2) is 0 Å². The molecule has 1 atom stereocenters. The van der Waals surface area contributed by atoms with Crippen LogP contribution in [0.4, 0.5) is 0 Å². The highest BCUT2D eigenvalue weighted by atomic mass is 16.3. The molecule has 1 amide bonds. The van der Waals surface area contributed by atoms with Gasteiger partial charge in [0, 0.05) is 13.5 Å². The molecule has 0 radical (unpaired) electrons. The van der Waals surface area contributed by atoms with Crippen LogP contribution < -0.4 is 0 Å². The lowest BCUT2D eigenvalue weighted by Crippen LogP contribution is -2.19. The summed E-state index contributed by atoms with van der Waals surface area (Å²) >= 11 is 0. The van der Waals surface area contributed by atoms with Crippen molar-refractivity contribution in [3.05, 3.63) is 11.3 Å². The van der Waals surface area contributed by atoms with E-state index in [1.807, 2.05) is 0 Å². The molecular weight excluding hydrogens is 302 g/mol. The van der Waals surface area contributed by atoms with Crippen molar-refractivity contribution in [1.82, 2.24) is 4.90 Å². The Bertz CT molecular complexity index is 442. The molecule has 1 N–H and O–H groups in total. The van der Waals surface area contributed by atoms with Crippen LogP contribution in [0.25, 0.3) is 0 Å². The fourth-order valence-corrected chi connectivity index (χ4v) is 3.14. The van der Waals surface area contributed by atoms with E-state index in [4.69, 9.17) is 0 Å². The number of nitrogens with zero attached hydrogens (tertiary/aromatic N) is 1. The van der Waals surface area contributed by atoms with Crippen LogP contribution in [-0.2, 0) is 9.59 Å². The molecule has 138 valence electrons. The minimum Gasteiger partial charge on any atom is -0.511 e. The molecular formula is C20H35NO3. The third-order valence-electron chi connectivity index (χ3n) is 5.07. The lowest BCUT2D eigenvalue weighted by Gasteiger charge is -2.07. The first-order chi connectivity index (χ1) is 11.5. The summed E-state index contributed by atoms with van der Waals surface area (Å²) in [6, 6.07) is 0. The minimum absolute atomic E-state index is 0.0128. The van der Waals surface area contributed by atoms with E-state index in [0.717, 1.165) is 25.2 Å². The van der Waals surface area contributed by atoms with Gasteiger partial charge in [-0.1, -0.05) is 71.6 Å². The highest BCUT2D eigenvalue weighted by Gasteiger charge is 2.33. The average molecular weight is 338 g/mol. The van der Waals surface area contributed by atoms with Crippen molar-refractivity contribution in [3.63, 3.8) is 0 Å². The predicted molar refractivity (Wildman–Crippen MR) is 97.9 cm³/mol. The number of likely N-dealkylation sites (tertiary alicyclic amines) is 1. The number of amides is 1. The molecule has 1 aliphatic rings. The van der Waals surface area contributed by atoms with Gasteiger partial charge in [0.1, 0.15) is 11.3 Å².